The number of H-pyrrole nitrogens is 1. The summed E-state index contributed by atoms with van der Waals surface area (Å²) >= 11 is 0. The van der Waals surface area contributed by atoms with Gasteiger partial charge in [-0.3, -0.25) is 0 Å². The SMILES string of the molecule is CCNc1ccc(-c2c[nH]c3ccccc23)nn1. The summed E-state index contributed by atoms with van der Waals surface area (Å²) in [4.78, 5) is 3.24. The molecular formula is C14H14N4. The Bertz CT molecular complexity index is 655. The van der Waals surface area contributed by atoms with Crippen molar-refractivity contribution in [2.75, 3.05) is 11.9 Å². The van der Waals surface area contributed by atoms with Crippen LogP contribution in [-0.2, 0) is 0 Å². The molecule has 1 aromatic carbocycles. The van der Waals surface area contributed by atoms with Gasteiger partial charge < -0.3 is 10.3 Å². The van der Waals surface area contributed by atoms with Gasteiger partial charge in [0.15, 0.2) is 0 Å². The molecule has 0 atom stereocenters. The summed E-state index contributed by atoms with van der Waals surface area (Å²) in [6.07, 6.45) is 1.97. The van der Waals surface area contributed by atoms with Gasteiger partial charge in [0.1, 0.15) is 5.82 Å². The number of aromatic amines is 1. The molecule has 0 radical (unpaired) electrons. The van der Waals surface area contributed by atoms with Crippen LogP contribution in [0.2, 0.25) is 0 Å². The highest BCUT2D eigenvalue weighted by atomic mass is 15.2. The van der Waals surface area contributed by atoms with E-state index in [2.05, 4.69) is 32.6 Å². The van der Waals surface area contributed by atoms with Gasteiger partial charge in [0, 0.05) is 29.2 Å². The van der Waals surface area contributed by atoms with E-state index in [9.17, 15) is 0 Å². The molecule has 90 valence electrons. The first-order valence-electron chi connectivity index (χ1n) is 6.02. The van der Waals surface area contributed by atoms with E-state index in [1.807, 2.05) is 37.4 Å². The van der Waals surface area contributed by atoms with E-state index in [0.717, 1.165) is 29.1 Å². The predicted octanol–water partition coefficient (Wildman–Crippen LogP) is 3.06. The Kier molecular flexibility index (Phi) is 2.68. The molecule has 4 heteroatoms. The molecule has 0 aliphatic rings. The number of fused-ring (bicyclic) bond motifs is 1. The number of para-hydroxylation sites is 1. The lowest BCUT2D eigenvalue weighted by Gasteiger charge is -2.02. The maximum Gasteiger partial charge on any atom is 0.148 e. The summed E-state index contributed by atoms with van der Waals surface area (Å²) in [5.41, 5.74) is 3.08. The van der Waals surface area contributed by atoms with Crippen LogP contribution in [-0.4, -0.2) is 21.7 Å². The molecule has 0 saturated heterocycles. The Morgan fingerprint density at radius 2 is 2.00 bits per heavy atom. The van der Waals surface area contributed by atoms with E-state index < -0.39 is 0 Å². The minimum absolute atomic E-state index is 0.807. The molecular weight excluding hydrogens is 224 g/mol. The smallest absolute Gasteiger partial charge is 0.148 e. The Balaban J connectivity index is 2.03. The Morgan fingerprint density at radius 3 is 2.78 bits per heavy atom. The highest BCUT2D eigenvalue weighted by Gasteiger charge is 2.07. The molecule has 0 fully saturated rings. The molecule has 0 saturated carbocycles. The van der Waals surface area contributed by atoms with Crippen molar-refractivity contribution in [2.24, 2.45) is 0 Å². The van der Waals surface area contributed by atoms with Gasteiger partial charge in [-0.1, -0.05) is 18.2 Å². The summed E-state index contributed by atoms with van der Waals surface area (Å²) in [6.45, 7) is 2.89. The monoisotopic (exact) mass is 238 g/mol. The topological polar surface area (TPSA) is 53.6 Å². The molecule has 0 amide bonds. The fourth-order valence-electron chi connectivity index (χ4n) is 2.03. The van der Waals surface area contributed by atoms with Crippen LogP contribution in [0.25, 0.3) is 22.2 Å². The molecule has 0 spiro atoms. The fraction of sp³-hybridized carbons (Fsp3) is 0.143. The molecule has 18 heavy (non-hydrogen) atoms. The maximum absolute atomic E-state index is 4.26. The summed E-state index contributed by atoms with van der Waals surface area (Å²) in [5.74, 6) is 0.807. The lowest BCUT2D eigenvalue weighted by Crippen LogP contribution is -2.00. The maximum atomic E-state index is 4.26. The quantitative estimate of drug-likeness (QED) is 0.737. The molecule has 0 unspecified atom stereocenters. The number of nitrogens with one attached hydrogen (secondary N) is 2. The molecule has 3 aromatic rings. The van der Waals surface area contributed by atoms with Crippen molar-refractivity contribution in [1.29, 1.82) is 0 Å². The van der Waals surface area contributed by atoms with Gasteiger partial charge in [-0.25, -0.2) is 0 Å². The molecule has 2 heterocycles. The van der Waals surface area contributed by atoms with Crippen molar-refractivity contribution in [3.63, 3.8) is 0 Å². The van der Waals surface area contributed by atoms with Crippen LogP contribution in [0.5, 0.6) is 0 Å². The van der Waals surface area contributed by atoms with Crippen LogP contribution < -0.4 is 5.32 Å². The van der Waals surface area contributed by atoms with Gasteiger partial charge in [-0.05, 0) is 25.1 Å². The van der Waals surface area contributed by atoms with Crippen LogP contribution in [0.15, 0.2) is 42.6 Å². The van der Waals surface area contributed by atoms with Crippen LogP contribution in [0.4, 0.5) is 5.82 Å². The normalized spacial score (nSPS) is 10.7. The van der Waals surface area contributed by atoms with Gasteiger partial charge in [0.05, 0.1) is 5.69 Å². The summed E-state index contributed by atoms with van der Waals surface area (Å²) in [5, 5.41) is 12.7. The second-order valence-corrected chi connectivity index (χ2v) is 4.08. The van der Waals surface area contributed by atoms with Gasteiger partial charge in [-0.15, -0.1) is 10.2 Å². The number of benzene rings is 1. The highest BCUT2D eigenvalue weighted by molar-refractivity contribution is 5.94. The summed E-state index contributed by atoms with van der Waals surface area (Å²) in [7, 11) is 0. The minimum atomic E-state index is 0.807. The van der Waals surface area contributed by atoms with Crippen molar-refractivity contribution in [2.45, 2.75) is 6.92 Å². The zero-order valence-electron chi connectivity index (χ0n) is 10.1. The van der Waals surface area contributed by atoms with Crippen molar-refractivity contribution >= 4 is 16.7 Å². The number of hydrogen-bond acceptors (Lipinski definition) is 3. The van der Waals surface area contributed by atoms with E-state index in [4.69, 9.17) is 0 Å². The average molecular weight is 238 g/mol. The Morgan fingerprint density at radius 1 is 1.11 bits per heavy atom. The number of aromatic nitrogens is 3. The number of nitrogens with zero attached hydrogens (tertiary/aromatic N) is 2. The second kappa shape index (κ2) is 4.49. The van der Waals surface area contributed by atoms with Crippen LogP contribution in [0.3, 0.4) is 0 Å². The Labute approximate surface area is 105 Å². The van der Waals surface area contributed by atoms with Crippen molar-refractivity contribution in [3.8, 4) is 11.3 Å². The number of anilines is 1. The van der Waals surface area contributed by atoms with Gasteiger partial charge in [0.25, 0.3) is 0 Å². The molecule has 2 aromatic heterocycles. The van der Waals surface area contributed by atoms with Gasteiger partial charge in [0.2, 0.25) is 0 Å². The van der Waals surface area contributed by atoms with Crippen molar-refractivity contribution < 1.29 is 0 Å². The first kappa shape index (κ1) is 10.8. The first-order valence-corrected chi connectivity index (χ1v) is 6.02. The lowest BCUT2D eigenvalue weighted by molar-refractivity contribution is 1.02. The molecule has 0 aliphatic heterocycles. The number of hydrogen-bond donors (Lipinski definition) is 2. The zero-order valence-corrected chi connectivity index (χ0v) is 10.1. The third-order valence-corrected chi connectivity index (χ3v) is 2.89. The predicted molar refractivity (Wildman–Crippen MR) is 73.5 cm³/mol. The molecule has 2 N–H and O–H groups in total. The average Bonchev–Trinajstić information content (AvgIpc) is 2.84. The minimum Gasteiger partial charge on any atom is -0.369 e. The van der Waals surface area contributed by atoms with E-state index in [-0.39, 0.29) is 0 Å². The van der Waals surface area contributed by atoms with E-state index >= 15 is 0 Å². The first-order chi connectivity index (χ1) is 8.88. The van der Waals surface area contributed by atoms with Crippen LogP contribution in [0.1, 0.15) is 6.92 Å². The fourth-order valence-corrected chi connectivity index (χ4v) is 2.03. The zero-order chi connectivity index (χ0) is 12.4. The Hall–Kier alpha value is -2.36. The van der Waals surface area contributed by atoms with E-state index in [1.165, 1.54) is 5.39 Å². The summed E-state index contributed by atoms with van der Waals surface area (Å²) < 4.78 is 0. The summed E-state index contributed by atoms with van der Waals surface area (Å²) in [6, 6.07) is 12.1. The van der Waals surface area contributed by atoms with Crippen molar-refractivity contribution in [3.05, 3.63) is 42.6 Å². The third-order valence-electron chi connectivity index (χ3n) is 2.89. The molecule has 0 aliphatic carbocycles. The van der Waals surface area contributed by atoms with Gasteiger partial charge in [-0.2, -0.15) is 0 Å². The van der Waals surface area contributed by atoms with Crippen molar-refractivity contribution in [1.82, 2.24) is 15.2 Å². The largest absolute Gasteiger partial charge is 0.369 e. The van der Waals surface area contributed by atoms with E-state index in [0.29, 0.717) is 0 Å². The van der Waals surface area contributed by atoms with Crippen LogP contribution in [0, 0.1) is 0 Å². The standard InChI is InChI=1S/C14H14N4/c1-2-15-14-8-7-13(17-18-14)11-9-16-12-6-4-3-5-10(11)12/h3-9,16H,2H2,1H3,(H,15,18). The second-order valence-electron chi connectivity index (χ2n) is 4.08. The van der Waals surface area contributed by atoms with Crippen LogP contribution >= 0.6 is 0 Å². The lowest BCUT2D eigenvalue weighted by atomic mass is 10.1. The molecule has 0 bridgehead atoms. The molecule has 4 nitrogen and oxygen atoms in total. The molecule has 3 rings (SSSR count). The highest BCUT2D eigenvalue weighted by Crippen LogP contribution is 2.26. The third kappa shape index (κ3) is 1.82. The van der Waals surface area contributed by atoms with Gasteiger partial charge >= 0.3 is 0 Å². The van der Waals surface area contributed by atoms with E-state index in [1.54, 1.807) is 0 Å². The number of rotatable bonds is 3.